The average Bonchev–Trinajstić information content (AvgIpc) is 3.15. The lowest BCUT2D eigenvalue weighted by molar-refractivity contribution is 0.0695. The molecule has 162 valence electrons. The van der Waals surface area contributed by atoms with Crippen LogP contribution in [-0.4, -0.2) is 22.8 Å². The Hall–Kier alpha value is -3.99. The fourth-order valence-corrected chi connectivity index (χ4v) is 4.88. The van der Waals surface area contributed by atoms with Gasteiger partial charge in [-0.25, -0.2) is 4.79 Å². The average molecular weight is 475 g/mol. The molecule has 1 amide bonds. The number of anilines is 1. The first-order chi connectivity index (χ1) is 15.9. The van der Waals surface area contributed by atoms with Crippen LogP contribution < -0.4 is 5.32 Å². The largest absolute Gasteiger partial charge is 0.478 e. The van der Waals surface area contributed by atoms with E-state index in [-0.39, 0.29) is 28.9 Å². The Morgan fingerprint density at radius 1 is 1.03 bits per heavy atom. The lowest BCUT2D eigenvalue weighted by Gasteiger charge is -2.11. The van der Waals surface area contributed by atoms with Gasteiger partial charge in [-0.3, -0.25) is 9.59 Å². The quantitative estimate of drug-likeness (QED) is 0.343. The van der Waals surface area contributed by atoms with Crippen LogP contribution in [0.5, 0.6) is 0 Å². The van der Waals surface area contributed by atoms with Crippen molar-refractivity contribution in [3.05, 3.63) is 98.9 Å². The van der Waals surface area contributed by atoms with E-state index in [9.17, 15) is 19.5 Å². The Morgan fingerprint density at radius 3 is 2.55 bits per heavy atom. The number of amides is 1. The van der Waals surface area contributed by atoms with Crippen molar-refractivity contribution in [2.45, 2.75) is 6.42 Å². The highest BCUT2D eigenvalue weighted by atomic mass is 35.5. The van der Waals surface area contributed by atoms with Gasteiger partial charge in [-0.05, 0) is 48.0 Å². The number of nitriles is 1. The molecule has 0 aliphatic rings. The molecule has 4 rings (SSSR count). The van der Waals surface area contributed by atoms with Gasteiger partial charge in [-0.2, -0.15) is 5.26 Å². The van der Waals surface area contributed by atoms with E-state index in [1.54, 1.807) is 18.2 Å². The second-order valence-corrected chi connectivity index (χ2v) is 8.60. The summed E-state index contributed by atoms with van der Waals surface area (Å²) >= 11 is 7.68. The number of thiophene rings is 1. The predicted molar refractivity (Wildman–Crippen MR) is 127 cm³/mol. The SMILES string of the molecule is N#Cc1cccc(NC(=O)c2ccc(C(=O)O)cc2CC(=O)c2sc3ccccc3c2Cl)c1. The van der Waals surface area contributed by atoms with Crippen molar-refractivity contribution in [3.8, 4) is 6.07 Å². The van der Waals surface area contributed by atoms with E-state index in [1.165, 1.54) is 35.6 Å². The summed E-state index contributed by atoms with van der Waals surface area (Å²) in [4.78, 5) is 37.9. The third-order valence-corrected chi connectivity index (χ3v) is 6.70. The van der Waals surface area contributed by atoms with Crippen molar-refractivity contribution >= 4 is 56.4 Å². The van der Waals surface area contributed by atoms with E-state index in [1.807, 2.05) is 30.3 Å². The van der Waals surface area contributed by atoms with Crippen molar-refractivity contribution in [1.82, 2.24) is 0 Å². The molecule has 0 bridgehead atoms. The maximum absolute atomic E-state index is 13.1. The van der Waals surface area contributed by atoms with E-state index < -0.39 is 11.9 Å². The number of hydrogen-bond donors (Lipinski definition) is 2. The van der Waals surface area contributed by atoms with Gasteiger partial charge >= 0.3 is 5.97 Å². The maximum Gasteiger partial charge on any atom is 0.335 e. The molecule has 0 fully saturated rings. The molecule has 0 unspecified atom stereocenters. The highest BCUT2D eigenvalue weighted by molar-refractivity contribution is 7.21. The number of Topliss-reactive ketones (excluding diaryl/α,β-unsaturated/α-hetero) is 1. The van der Waals surface area contributed by atoms with E-state index in [4.69, 9.17) is 16.9 Å². The minimum atomic E-state index is -1.17. The lowest BCUT2D eigenvalue weighted by atomic mass is 9.98. The zero-order valence-corrected chi connectivity index (χ0v) is 18.5. The Morgan fingerprint density at radius 2 is 1.82 bits per heavy atom. The van der Waals surface area contributed by atoms with Crippen molar-refractivity contribution in [3.63, 3.8) is 0 Å². The summed E-state index contributed by atoms with van der Waals surface area (Å²) in [6.45, 7) is 0. The number of aromatic carboxylic acids is 1. The number of nitrogens with zero attached hydrogens (tertiary/aromatic N) is 1. The van der Waals surface area contributed by atoms with Crippen LogP contribution in [0.3, 0.4) is 0 Å². The molecule has 0 saturated carbocycles. The number of carboxylic acids is 1. The Kier molecular flexibility index (Phi) is 6.22. The summed E-state index contributed by atoms with van der Waals surface area (Å²) in [5.74, 6) is -2.01. The van der Waals surface area contributed by atoms with Crippen LogP contribution in [0.15, 0.2) is 66.7 Å². The molecule has 33 heavy (non-hydrogen) atoms. The van der Waals surface area contributed by atoms with Crippen LogP contribution >= 0.6 is 22.9 Å². The number of carboxylic acid groups (broad SMARTS) is 1. The number of carbonyl (C=O) groups excluding carboxylic acids is 2. The molecule has 8 heteroatoms. The summed E-state index contributed by atoms with van der Waals surface area (Å²) in [6, 6.07) is 19.8. The molecule has 0 aliphatic heterocycles. The molecule has 2 N–H and O–H groups in total. The number of halogens is 1. The monoisotopic (exact) mass is 474 g/mol. The summed E-state index contributed by atoms with van der Waals surface area (Å²) in [6.07, 6.45) is -0.200. The van der Waals surface area contributed by atoms with Gasteiger partial charge in [0, 0.05) is 27.8 Å². The molecule has 0 saturated heterocycles. The second kappa shape index (κ2) is 9.25. The highest BCUT2D eigenvalue weighted by Crippen LogP contribution is 2.36. The minimum Gasteiger partial charge on any atom is -0.478 e. The number of carbonyl (C=O) groups is 3. The topological polar surface area (TPSA) is 107 Å². The van der Waals surface area contributed by atoms with Gasteiger partial charge in [-0.1, -0.05) is 35.9 Å². The van der Waals surface area contributed by atoms with Crippen LogP contribution in [0.4, 0.5) is 5.69 Å². The fraction of sp³-hybridized carbons (Fsp3) is 0.0400. The summed E-state index contributed by atoms with van der Waals surface area (Å²) in [7, 11) is 0. The van der Waals surface area contributed by atoms with Gasteiger partial charge in [-0.15, -0.1) is 11.3 Å². The molecule has 0 aliphatic carbocycles. The van der Waals surface area contributed by atoms with Gasteiger partial charge < -0.3 is 10.4 Å². The van der Waals surface area contributed by atoms with Crippen LogP contribution in [-0.2, 0) is 6.42 Å². The molecular weight excluding hydrogens is 460 g/mol. The first-order valence-corrected chi connectivity index (χ1v) is 10.9. The second-order valence-electron chi connectivity index (χ2n) is 7.17. The van der Waals surface area contributed by atoms with Crippen LogP contribution in [0.2, 0.25) is 5.02 Å². The maximum atomic E-state index is 13.1. The van der Waals surface area contributed by atoms with Crippen LogP contribution in [0.25, 0.3) is 10.1 Å². The Balaban J connectivity index is 1.68. The predicted octanol–water partition coefficient (Wildman–Crippen LogP) is 5.80. The molecule has 0 radical (unpaired) electrons. The molecule has 4 aromatic rings. The number of hydrogen-bond acceptors (Lipinski definition) is 5. The molecule has 3 aromatic carbocycles. The molecule has 0 spiro atoms. The molecule has 1 heterocycles. The van der Waals surface area contributed by atoms with E-state index in [0.717, 1.165) is 10.1 Å². The fourth-order valence-electron chi connectivity index (χ4n) is 3.41. The normalized spacial score (nSPS) is 10.5. The van der Waals surface area contributed by atoms with E-state index in [0.29, 0.717) is 21.2 Å². The lowest BCUT2D eigenvalue weighted by Crippen LogP contribution is -2.17. The minimum absolute atomic E-state index is 0.0386. The van der Waals surface area contributed by atoms with Gasteiger partial charge in [0.15, 0.2) is 5.78 Å². The van der Waals surface area contributed by atoms with Gasteiger partial charge in [0.2, 0.25) is 0 Å². The van der Waals surface area contributed by atoms with Gasteiger partial charge in [0.1, 0.15) is 0 Å². The highest BCUT2D eigenvalue weighted by Gasteiger charge is 2.21. The number of ketones is 1. The van der Waals surface area contributed by atoms with Crippen molar-refractivity contribution in [2.75, 3.05) is 5.32 Å². The number of rotatable bonds is 6. The summed E-state index contributed by atoms with van der Waals surface area (Å²) in [5, 5.41) is 22.2. The van der Waals surface area contributed by atoms with E-state index >= 15 is 0 Å². The molecular formula is C25H15ClN2O4S. The number of nitrogens with one attached hydrogen (secondary N) is 1. The van der Waals surface area contributed by atoms with Gasteiger partial charge in [0.25, 0.3) is 5.91 Å². The first-order valence-electron chi connectivity index (χ1n) is 9.75. The molecule has 0 atom stereocenters. The smallest absolute Gasteiger partial charge is 0.335 e. The van der Waals surface area contributed by atoms with Crippen molar-refractivity contribution in [1.29, 1.82) is 5.26 Å². The molecule has 6 nitrogen and oxygen atoms in total. The van der Waals surface area contributed by atoms with Crippen LogP contribution in [0.1, 0.15) is 41.5 Å². The Labute approximate surface area is 197 Å². The zero-order chi connectivity index (χ0) is 23.5. The number of fused-ring (bicyclic) bond motifs is 1. The van der Waals surface area contributed by atoms with Crippen LogP contribution in [0, 0.1) is 11.3 Å². The Bertz CT molecular complexity index is 1470. The first kappa shape index (κ1) is 22.2. The molecule has 1 aromatic heterocycles. The van der Waals surface area contributed by atoms with E-state index in [2.05, 4.69) is 5.32 Å². The summed E-state index contributed by atoms with van der Waals surface area (Å²) in [5.41, 5.74) is 1.17. The number of benzene rings is 3. The standard InChI is InChI=1S/C25H15ClN2O4S/c26-22-19-6-1-2-7-21(19)33-23(22)20(29)12-16-11-15(25(31)32)8-9-18(16)24(30)28-17-5-3-4-14(10-17)13-27/h1-11H,12H2,(H,28,30)(H,31,32). The third kappa shape index (κ3) is 4.62. The van der Waals surface area contributed by atoms with Gasteiger partial charge in [0.05, 0.1) is 27.1 Å². The summed E-state index contributed by atoms with van der Waals surface area (Å²) < 4.78 is 0.862. The van der Waals surface area contributed by atoms with Crippen molar-refractivity contribution in [2.24, 2.45) is 0 Å². The van der Waals surface area contributed by atoms with Crippen molar-refractivity contribution < 1.29 is 19.5 Å². The third-order valence-electron chi connectivity index (χ3n) is 4.99. The zero-order valence-electron chi connectivity index (χ0n) is 17.0.